The van der Waals surface area contributed by atoms with Crippen LogP contribution in [0.5, 0.6) is 0 Å². The van der Waals surface area contributed by atoms with E-state index in [-0.39, 0.29) is 6.42 Å². The normalized spacial score (nSPS) is 11.8. The third kappa shape index (κ3) is 4.56. The molecule has 0 spiro atoms. The number of benzene rings is 1. The van der Waals surface area contributed by atoms with Crippen LogP contribution in [0, 0.1) is 6.92 Å². The summed E-state index contributed by atoms with van der Waals surface area (Å²) in [6.45, 7) is 1.89. The predicted octanol–water partition coefficient (Wildman–Crippen LogP) is 4.53. The van der Waals surface area contributed by atoms with Gasteiger partial charge in [0.15, 0.2) is 0 Å². The molecule has 0 aliphatic rings. The van der Waals surface area contributed by atoms with Gasteiger partial charge >= 0.3 is 6.18 Å². The summed E-state index contributed by atoms with van der Waals surface area (Å²) in [5.41, 5.74) is 1.80. The molecule has 1 rings (SSSR count). The van der Waals surface area contributed by atoms with Crippen molar-refractivity contribution in [2.45, 2.75) is 32.4 Å². The maximum Gasteiger partial charge on any atom is 0.389 e. The Morgan fingerprint density at radius 1 is 1.27 bits per heavy atom. The number of hydrogen-bond acceptors (Lipinski definition) is 0. The van der Waals surface area contributed by atoms with E-state index in [9.17, 15) is 13.2 Å². The van der Waals surface area contributed by atoms with E-state index < -0.39 is 12.6 Å². The molecule has 0 saturated carbocycles. The molecule has 0 bridgehead atoms. The minimum absolute atomic E-state index is 0.0896. The average Bonchev–Trinajstić information content (AvgIpc) is 2.07. The molecule has 0 heterocycles. The molecule has 0 nitrogen and oxygen atoms in total. The van der Waals surface area contributed by atoms with Crippen molar-refractivity contribution in [1.82, 2.24) is 0 Å². The van der Waals surface area contributed by atoms with E-state index in [0.717, 1.165) is 11.1 Å². The predicted molar refractivity (Wildman–Crippen MR) is 55.2 cm³/mol. The van der Waals surface area contributed by atoms with Crippen LogP contribution in [0.3, 0.4) is 0 Å². The summed E-state index contributed by atoms with van der Waals surface area (Å²) in [5, 5.41) is 0.553. The Morgan fingerprint density at radius 3 is 2.47 bits per heavy atom. The molecule has 0 aliphatic heterocycles. The minimum Gasteiger partial charge on any atom is -0.171 e. The van der Waals surface area contributed by atoms with Crippen LogP contribution in [0.4, 0.5) is 13.2 Å². The van der Waals surface area contributed by atoms with E-state index in [2.05, 4.69) is 0 Å². The SMILES string of the molecule is Cc1ccc(CCCC(F)(F)F)c(Cl)c1. The van der Waals surface area contributed by atoms with Gasteiger partial charge in [-0.25, -0.2) is 0 Å². The van der Waals surface area contributed by atoms with Crippen LogP contribution in [0.25, 0.3) is 0 Å². The molecule has 0 amide bonds. The van der Waals surface area contributed by atoms with Crippen molar-refractivity contribution in [1.29, 1.82) is 0 Å². The number of aryl methyl sites for hydroxylation is 2. The van der Waals surface area contributed by atoms with E-state index in [4.69, 9.17) is 11.6 Å². The van der Waals surface area contributed by atoms with Crippen molar-refractivity contribution < 1.29 is 13.2 Å². The molecule has 0 atom stereocenters. The Balaban J connectivity index is 2.51. The van der Waals surface area contributed by atoms with Crippen LogP contribution in [0.2, 0.25) is 5.02 Å². The molecule has 0 aromatic heterocycles. The maximum atomic E-state index is 11.9. The Kier molecular flexibility index (Phi) is 4.03. The van der Waals surface area contributed by atoms with Crippen LogP contribution in [0.1, 0.15) is 24.0 Å². The third-order valence-electron chi connectivity index (χ3n) is 2.11. The number of alkyl halides is 3. The van der Waals surface area contributed by atoms with Crippen molar-refractivity contribution >= 4 is 11.6 Å². The second-order valence-corrected chi connectivity index (χ2v) is 3.97. The molecule has 84 valence electrons. The van der Waals surface area contributed by atoms with Gasteiger partial charge in [-0.1, -0.05) is 23.7 Å². The van der Waals surface area contributed by atoms with Crippen LogP contribution in [-0.2, 0) is 6.42 Å². The monoisotopic (exact) mass is 236 g/mol. The van der Waals surface area contributed by atoms with E-state index in [1.807, 2.05) is 13.0 Å². The summed E-state index contributed by atoms with van der Waals surface area (Å²) in [7, 11) is 0. The molecule has 0 N–H and O–H groups in total. The fourth-order valence-corrected chi connectivity index (χ4v) is 1.66. The molecule has 0 saturated heterocycles. The average molecular weight is 237 g/mol. The number of halogens is 4. The topological polar surface area (TPSA) is 0 Å². The molecular formula is C11H12ClF3. The summed E-state index contributed by atoms with van der Waals surface area (Å²) in [6.07, 6.45) is -4.36. The standard InChI is InChI=1S/C11H12ClF3/c1-8-4-5-9(10(12)7-8)3-2-6-11(13,14)15/h4-5,7H,2-3,6H2,1H3. The molecule has 0 unspecified atom stereocenters. The van der Waals surface area contributed by atoms with Gasteiger partial charge < -0.3 is 0 Å². The van der Waals surface area contributed by atoms with Gasteiger partial charge in [-0.05, 0) is 37.0 Å². The second kappa shape index (κ2) is 4.88. The Hall–Kier alpha value is -0.700. The van der Waals surface area contributed by atoms with Gasteiger partial charge in [-0.3, -0.25) is 0 Å². The molecule has 0 fully saturated rings. The minimum atomic E-state index is -4.07. The smallest absolute Gasteiger partial charge is 0.171 e. The molecular weight excluding hydrogens is 225 g/mol. The highest BCUT2D eigenvalue weighted by Gasteiger charge is 2.26. The van der Waals surface area contributed by atoms with E-state index in [1.54, 1.807) is 12.1 Å². The lowest BCUT2D eigenvalue weighted by molar-refractivity contribution is -0.135. The zero-order valence-electron chi connectivity index (χ0n) is 8.37. The lowest BCUT2D eigenvalue weighted by atomic mass is 10.1. The van der Waals surface area contributed by atoms with Gasteiger partial charge in [0.25, 0.3) is 0 Å². The zero-order chi connectivity index (χ0) is 11.5. The highest BCUT2D eigenvalue weighted by molar-refractivity contribution is 6.31. The zero-order valence-corrected chi connectivity index (χ0v) is 9.12. The lowest BCUT2D eigenvalue weighted by Gasteiger charge is -2.07. The maximum absolute atomic E-state index is 11.9. The Labute approximate surface area is 92.1 Å². The molecule has 1 aromatic carbocycles. The van der Waals surface area contributed by atoms with Crippen LogP contribution in [-0.4, -0.2) is 6.18 Å². The van der Waals surface area contributed by atoms with E-state index >= 15 is 0 Å². The Morgan fingerprint density at radius 2 is 1.93 bits per heavy atom. The van der Waals surface area contributed by atoms with Gasteiger partial charge in [0.2, 0.25) is 0 Å². The molecule has 0 aliphatic carbocycles. The van der Waals surface area contributed by atoms with Crippen LogP contribution >= 0.6 is 11.6 Å². The fourth-order valence-electron chi connectivity index (χ4n) is 1.33. The summed E-state index contributed by atoms with van der Waals surface area (Å²) >= 11 is 5.90. The van der Waals surface area contributed by atoms with Crippen LogP contribution in [0.15, 0.2) is 18.2 Å². The summed E-state index contributed by atoms with van der Waals surface area (Å²) in [6, 6.07) is 5.41. The summed E-state index contributed by atoms with van der Waals surface area (Å²) in [5.74, 6) is 0. The third-order valence-corrected chi connectivity index (χ3v) is 2.47. The van der Waals surface area contributed by atoms with Crippen molar-refractivity contribution in [3.63, 3.8) is 0 Å². The number of hydrogen-bond donors (Lipinski definition) is 0. The first-order valence-electron chi connectivity index (χ1n) is 4.70. The first kappa shape index (κ1) is 12.4. The lowest BCUT2D eigenvalue weighted by Crippen LogP contribution is -2.07. The molecule has 1 aromatic rings. The quantitative estimate of drug-likeness (QED) is 0.723. The van der Waals surface area contributed by atoms with Crippen molar-refractivity contribution in [3.05, 3.63) is 34.3 Å². The van der Waals surface area contributed by atoms with Gasteiger partial charge in [-0.15, -0.1) is 0 Å². The van der Waals surface area contributed by atoms with Gasteiger partial charge in [0.05, 0.1) is 0 Å². The number of rotatable bonds is 3. The second-order valence-electron chi connectivity index (χ2n) is 3.56. The van der Waals surface area contributed by atoms with Gasteiger partial charge in [0.1, 0.15) is 0 Å². The molecule has 4 heteroatoms. The van der Waals surface area contributed by atoms with Crippen molar-refractivity contribution in [2.24, 2.45) is 0 Å². The van der Waals surface area contributed by atoms with Gasteiger partial charge in [0, 0.05) is 11.4 Å². The van der Waals surface area contributed by atoms with Gasteiger partial charge in [-0.2, -0.15) is 13.2 Å². The highest BCUT2D eigenvalue weighted by Crippen LogP contribution is 2.25. The van der Waals surface area contributed by atoms with Crippen molar-refractivity contribution in [2.75, 3.05) is 0 Å². The summed E-state index contributed by atoms with van der Waals surface area (Å²) < 4.78 is 35.7. The Bertz CT molecular complexity index is 331. The largest absolute Gasteiger partial charge is 0.389 e. The molecule has 15 heavy (non-hydrogen) atoms. The highest BCUT2D eigenvalue weighted by atomic mass is 35.5. The fraction of sp³-hybridized carbons (Fsp3) is 0.455. The first-order valence-corrected chi connectivity index (χ1v) is 5.08. The van der Waals surface area contributed by atoms with Crippen molar-refractivity contribution in [3.8, 4) is 0 Å². The molecule has 0 radical (unpaired) electrons. The first-order chi connectivity index (χ1) is 6.88. The van der Waals surface area contributed by atoms with E-state index in [0.29, 0.717) is 11.4 Å². The van der Waals surface area contributed by atoms with Crippen LogP contribution < -0.4 is 0 Å². The summed E-state index contributed by atoms with van der Waals surface area (Å²) in [4.78, 5) is 0. The van der Waals surface area contributed by atoms with E-state index in [1.165, 1.54) is 0 Å².